The molecule has 1 N–H and O–H groups in total. The lowest BCUT2D eigenvalue weighted by atomic mass is 9.96. The quantitative estimate of drug-likeness (QED) is 0.717. The number of fused-ring (bicyclic) bond motifs is 1. The van der Waals surface area contributed by atoms with E-state index in [1.165, 1.54) is 11.1 Å². The molecule has 0 aliphatic carbocycles. The van der Waals surface area contributed by atoms with Gasteiger partial charge in [0.2, 0.25) is 5.91 Å². The van der Waals surface area contributed by atoms with Gasteiger partial charge < -0.3 is 14.7 Å². The molecule has 1 atom stereocenters. The van der Waals surface area contributed by atoms with Gasteiger partial charge in [0, 0.05) is 19.6 Å². The first-order chi connectivity index (χ1) is 14.0. The van der Waals surface area contributed by atoms with Crippen LogP contribution in [0.1, 0.15) is 35.5 Å². The summed E-state index contributed by atoms with van der Waals surface area (Å²) >= 11 is 0. The lowest BCUT2D eigenvalue weighted by Gasteiger charge is -2.33. The fourth-order valence-electron chi connectivity index (χ4n) is 3.91. The zero-order valence-electron chi connectivity index (χ0n) is 17.2. The molecule has 1 aliphatic heterocycles. The average molecular weight is 393 g/mol. The summed E-state index contributed by atoms with van der Waals surface area (Å²) in [4.78, 5) is 23.9. The molecule has 29 heavy (non-hydrogen) atoms. The monoisotopic (exact) mass is 393 g/mol. The van der Waals surface area contributed by atoms with Gasteiger partial charge in [-0.25, -0.2) is 4.98 Å². The number of aromatic nitrogens is 3. The number of rotatable bonds is 5. The van der Waals surface area contributed by atoms with E-state index in [1.54, 1.807) is 0 Å². The molecule has 7 heteroatoms. The van der Waals surface area contributed by atoms with Crippen molar-refractivity contribution in [1.29, 1.82) is 0 Å². The second kappa shape index (κ2) is 8.19. The molecule has 7 nitrogen and oxygen atoms in total. The number of carbonyl (C=O) groups excluding carboxylic acids is 1. The normalized spacial score (nSPS) is 16.9. The van der Waals surface area contributed by atoms with Crippen molar-refractivity contribution in [2.45, 2.75) is 40.0 Å². The van der Waals surface area contributed by atoms with Crippen molar-refractivity contribution in [3.8, 4) is 0 Å². The number of nitrogens with zero attached hydrogens (tertiary/aromatic N) is 4. The van der Waals surface area contributed by atoms with Crippen LogP contribution in [0.4, 0.5) is 5.82 Å². The van der Waals surface area contributed by atoms with Crippen LogP contribution in [0.3, 0.4) is 0 Å². The predicted molar refractivity (Wildman–Crippen MR) is 112 cm³/mol. The highest BCUT2D eigenvalue weighted by molar-refractivity contribution is 5.88. The molecule has 152 valence electrons. The minimum Gasteiger partial charge on any atom is -0.355 e. The fourth-order valence-corrected chi connectivity index (χ4v) is 3.91. The van der Waals surface area contributed by atoms with E-state index < -0.39 is 0 Å². The Morgan fingerprint density at radius 3 is 2.79 bits per heavy atom. The predicted octanol–water partition coefficient (Wildman–Crippen LogP) is 3.12. The molecule has 1 fully saturated rings. The van der Waals surface area contributed by atoms with Crippen LogP contribution in [-0.2, 0) is 11.2 Å². The first kappa shape index (κ1) is 19.4. The number of carbonyl (C=O) groups is 1. The summed E-state index contributed by atoms with van der Waals surface area (Å²) in [6, 6.07) is 8.45. The van der Waals surface area contributed by atoms with Crippen molar-refractivity contribution in [3.63, 3.8) is 0 Å². The molecular formula is C22H27N5O2. The van der Waals surface area contributed by atoms with Gasteiger partial charge in [-0.1, -0.05) is 35.0 Å². The SMILES string of the molecule is Cc1ccc(CCNC(=O)[C@H]2CCCN(c3nc(C)nc4onc(C)c34)C2)cc1. The van der Waals surface area contributed by atoms with Crippen molar-refractivity contribution in [1.82, 2.24) is 20.4 Å². The molecular weight excluding hydrogens is 366 g/mol. The molecule has 0 saturated carbocycles. The van der Waals surface area contributed by atoms with Gasteiger partial charge in [-0.15, -0.1) is 0 Å². The standard InChI is InChI=1S/C22H27N5O2/c1-14-6-8-17(9-7-14)10-11-23-21(28)18-5-4-12-27(13-18)20-19-15(2)26-29-22(19)25-16(3)24-20/h6-9,18H,4-5,10-13H2,1-3H3,(H,23,28)/t18-/m0/s1. The van der Waals surface area contributed by atoms with E-state index in [9.17, 15) is 4.79 Å². The van der Waals surface area contributed by atoms with E-state index >= 15 is 0 Å². The number of piperidine rings is 1. The Morgan fingerprint density at radius 2 is 2.00 bits per heavy atom. The van der Waals surface area contributed by atoms with E-state index in [-0.39, 0.29) is 11.8 Å². The average Bonchev–Trinajstić information content (AvgIpc) is 3.09. The van der Waals surface area contributed by atoms with Crippen molar-refractivity contribution >= 4 is 22.8 Å². The minimum absolute atomic E-state index is 0.0488. The summed E-state index contributed by atoms with van der Waals surface area (Å²) in [5, 5.41) is 7.99. The molecule has 0 unspecified atom stereocenters. The van der Waals surface area contributed by atoms with Crippen molar-refractivity contribution in [3.05, 3.63) is 46.9 Å². The number of amides is 1. The van der Waals surface area contributed by atoms with E-state index in [1.807, 2.05) is 13.8 Å². The van der Waals surface area contributed by atoms with E-state index in [2.05, 4.69) is 56.5 Å². The molecule has 1 aromatic carbocycles. The topological polar surface area (TPSA) is 84.2 Å². The Balaban J connectivity index is 1.41. The summed E-state index contributed by atoms with van der Waals surface area (Å²) in [5.41, 5.74) is 3.77. The van der Waals surface area contributed by atoms with Crippen molar-refractivity contribution in [2.24, 2.45) is 5.92 Å². The third kappa shape index (κ3) is 4.23. The molecule has 0 spiro atoms. The largest absolute Gasteiger partial charge is 0.355 e. The van der Waals surface area contributed by atoms with E-state index in [0.29, 0.717) is 24.6 Å². The van der Waals surface area contributed by atoms with Gasteiger partial charge in [-0.2, -0.15) is 4.98 Å². The molecule has 1 amide bonds. The van der Waals surface area contributed by atoms with E-state index in [4.69, 9.17) is 4.52 Å². The van der Waals surface area contributed by atoms with Gasteiger partial charge in [-0.3, -0.25) is 4.79 Å². The Labute approximate surface area is 170 Å². The maximum Gasteiger partial charge on any atom is 0.263 e. The lowest BCUT2D eigenvalue weighted by Crippen LogP contribution is -2.44. The number of hydrogen-bond acceptors (Lipinski definition) is 6. The van der Waals surface area contributed by atoms with E-state index in [0.717, 1.165) is 42.7 Å². The first-order valence-corrected chi connectivity index (χ1v) is 10.2. The van der Waals surface area contributed by atoms with Crippen LogP contribution in [0.5, 0.6) is 0 Å². The number of benzene rings is 1. The maximum atomic E-state index is 12.8. The van der Waals surface area contributed by atoms with Gasteiger partial charge in [0.25, 0.3) is 5.71 Å². The van der Waals surface area contributed by atoms with Gasteiger partial charge in [0.05, 0.1) is 11.6 Å². The van der Waals surface area contributed by atoms with Gasteiger partial charge in [0.1, 0.15) is 17.0 Å². The van der Waals surface area contributed by atoms with Crippen LogP contribution in [0.15, 0.2) is 28.8 Å². The molecule has 0 bridgehead atoms. The highest BCUT2D eigenvalue weighted by atomic mass is 16.5. The number of nitrogens with one attached hydrogen (secondary N) is 1. The van der Waals surface area contributed by atoms with Gasteiger partial charge in [0.15, 0.2) is 0 Å². The van der Waals surface area contributed by atoms with Crippen molar-refractivity contribution < 1.29 is 9.32 Å². The van der Waals surface area contributed by atoms with Crippen molar-refractivity contribution in [2.75, 3.05) is 24.5 Å². The molecule has 3 aromatic rings. The lowest BCUT2D eigenvalue weighted by molar-refractivity contribution is -0.125. The Hall–Kier alpha value is -2.96. The zero-order valence-corrected chi connectivity index (χ0v) is 17.2. The molecule has 1 aliphatic rings. The van der Waals surface area contributed by atoms with Crippen LogP contribution >= 0.6 is 0 Å². The van der Waals surface area contributed by atoms with Crippen LogP contribution < -0.4 is 10.2 Å². The Morgan fingerprint density at radius 1 is 1.21 bits per heavy atom. The van der Waals surface area contributed by atoms with Crippen LogP contribution in [-0.4, -0.2) is 40.7 Å². The van der Waals surface area contributed by atoms with Gasteiger partial charge >= 0.3 is 0 Å². The number of anilines is 1. The summed E-state index contributed by atoms with van der Waals surface area (Å²) < 4.78 is 5.33. The highest BCUT2D eigenvalue weighted by Crippen LogP contribution is 2.30. The second-order valence-electron chi connectivity index (χ2n) is 7.85. The summed E-state index contributed by atoms with van der Waals surface area (Å²) in [5.74, 6) is 1.54. The number of hydrogen-bond donors (Lipinski definition) is 1. The summed E-state index contributed by atoms with van der Waals surface area (Å²) in [6.07, 6.45) is 2.68. The Bertz CT molecular complexity index is 1010. The zero-order chi connectivity index (χ0) is 20.4. The minimum atomic E-state index is -0.0488. The number of aryl methyl sites for hydroxylation is 3. The molecule has 4 rings (SSSR count). The molecule has 2 aromatic heterocycles. The van der Waals surface area contributed by atoms with Crippen LogP contribution in [0.2, 0.25) is 0 Å². The highest BCUT2D eigenvalue weighted by Gasteiger charge is 2.28. The molecule has 3 heterocycles. The molecule has 1 saturated heterocycles. The van der Waals surface area contributed by atoms with Crippen LogP contribution in [0.25, 0.3) is 11.1 Å². The third-order valence-corrected chi connectivity index (χ3v) is 5.52. The summed E-state index contributed by atoms with van der Waals surface area (Å²) in [6.45, 7) is 7.98. The smallest absolute Gasteiger partial charge is 0.263 e. The third-order valence-electron chi connectivity index (χ3n) is 5.52. The second-order valence-corrected chi connectivity index (χ2v) is 7.85. The van der Waals surface area contributed by atoms with Crippen LogP contribution in [0, 0.1) is 26.7 Å². The Kier molecular flexibility index (Phi) is 5.47. The van der Waals surface area contributed by atoms with Gasteiger partial charge in [-0.05, 0) is 45.6 Å². The first-order valence-electron chi connectivity index (χ1n) is 10.2. The fraction of sp³-hybridized carbons (Fsp3) is 0.455. The molecule has 0 radical (unpaired) electrons. The maximum absolute atomic E-state index is 12.8. The summed E-state index contributed by atoms with van der Waals surface area (Å²) in [7, 11) is 0.